The maximum absolute atomic E-state index is 10.7. The van der Waals surface area contributed by atoms with Crippen molar-refractivity contribution in [2.45, 2.75) is 26.5 Å². The highest BCUT2D eigenvalue weighted by Crippen LogP contribution is 2.37. The van der Waals surface area contributed by atoms with E-state index in [1.54, 1.807) is 18.9 Å². The molecule has 0 saturated carbocycles. The summed E-state index contributed by atoms with van der Waals surface area (Å²) >= 11 is 0. The van der Waals surface area contributed by atoms with Crippen LogP contribution in [0.2, 0.25) is 0 Å². The van der Waals surface area contributed by atoms with Crippen LogP contribution in [0, 0.1) is 5.92 Å². The number of aryl methyl sites for hydroxylation is 1. The topological polar surface area (TPSA) is 78.2 Å². The molecule has 0 bridgehead atoms. The number of hydrogen-bond donors (Lipinski definition) is 1. The van der Waals surface area contributed by atoms with Crippen LogP contribution in [0.4, 0.5) is 0 Å². The van der Waals surface area contributed by atoms with Gasteiger partial charge in [0.2, 0.25) is 5.88 Å². The van der Waals surface area contributed by atoms with Gasteiger partial charge in [-0.3, -0.25) is 4.90 Å². The normalized spacial score (nSPS) is 12.3. The van der Waals surface area contributed by atoms with E-state index in [9.17, 15) is 5.11 Å². The highest BCUT2D eigenvalue weighted by atomic mass is 16.5. The molecule has 2 aromatic carbocycles. The van der Waals surface area contributed by atoms with Crippen LogP contribution in [-0.2, 0) is 23.1 Å². The third-order valence-corrected chi connectivity index (χ3v) is 5.63. The molecule has 1 heterocycles. The molecule has 0 aliphatic carbocycles. The van der Waals surface area contributed by atoms with Crippen molar-refractivity contribution in [1.29, 1.82) is 0 Å². The molecule has 0 fully saturated rings. The summed E-state index contributed by atoms with van der Waals surface area (Å²) in [6.45, 7) is 7.18. The first kappa shape index (κ1) is 27.7. The van der Waals surface area contributed by atoms with Gasteiger partial charge in [-0.25, -0.2) is 4.68 Å². The van der Waals surface area contributed by atoms with Gasteiger partial charge in [0.25, 0.3) is 0 Å². The van der Waals surface area contributed by atoms with E-state index < -0.39 is 6.10 Å². The maximum Gasteiger partial charge on any atom is 0.222 e. The summed E-state index contributed by atoms with van der Waals surface area (Å²) in [4.78, 5) is 2.14. The van der Waals surface area contributed by atoms with Crippen molar-refractivity contribution in [3.05, 3.63) is 60.2 Å². The molecule has 0 unspecified atom stereocenters. The Morgan fingerprint density at radius 3 is 2.33 bits per heavy atom. The van der Waals surface area contributed by atoms with Gasteiger partial charge in [0, 0.05) is 46.0 Å². The van der Waals surface area contributed by atoms with Crippen molar-refractivity contribution < 1.29 is 24.1 Å². The molecule has 0 amide bonds. The van der Waals surface area contributed by atoms with E-state index in [1.165, 1.54) is 0 Å². The number of para-hydroxylation sites is 2. The first-order valence-corrected chi connectivity index (χ1v) is 12.3. The molecule has 0 saturated heterocycles. The summed E-state index contributed by atoms with van der Waals surface area (Å²) in [5.41, 5.74) is 2.74. The fourth-order valence-corrected chi connectivity index (χ4v) is 3.93. The lowest BCUT2D eigenvalue weighted by Crippen LogP contribution is -2.37. The minimum absolute atomic E-state index is 0.283. The van der Waals surface area contributed by atoms with Crippen LogP contribution >= 0.6 is 0 Å². The van der Waals surface area contributed by atoms with Crippen LogP contribution in [0.25, 0.3) is 11.3 Å². The number of benzene rings is 2. The number of methoxy groups -OCH3 is 2. The van der Waals surface area contributed by atoms with Crippen molar-refractivity contribution >= 4 is 0 Å². The van der Waals surface area contributed by atoms with Crippen molar-refractivity contribution in [2.24, 2.45) is 13.0 Å². The van der Waals surface area contributed by atoms with Crippen molar-refractivity contribution in [2.75, 3.05) is 47.1 Å². The van der Waals surface area contributed by atoms with E-state index in [4.69, 9.17) is 24.0 Å². The van der Waals surface area contributed by atoms with Gasteiger partial charge in [-0.15, -0.1) is 0 Å². The maximum atomic E-state index is 10.7. The third kappa shape index (κ3) is 7.80. The van der Waals surface area contributed by atoms with E-state index in [0.717, 1.165) is 16.8 Å². The predicted octanol–water partition coefficient (Wildman–Crippen LogP) is 4.37. The number of aliphatic hydroxyl groups excluding tert-OH is 1. The molecule has 196 valence electrons. The molecule has 1 N–H and O–H groups in total. The molecule has 0 aliphatic heterocycles. The van der Waals surface area contributed by atoms with E-state index >= 15 is 0 Å². The van der Waals surface area contributed by atoms with Gasteiger partial charge in [0.15, 0.2) is 11.5 Å². The first-order valence-electron chi connectivity index (χ1n) is 12.3. The van der Waals surface area contributed by atoms with Crippen molar-refractivity contribution in [1.82, 2.24) is 14.7 Å². The van der Waals surface area contributed by atoms with Gasteiger partial charge in [-0.05, 0) is 18.1 Å². The Labute approximate surface area is 214 Å². The molecule has 0 radical (unpaired) electrons. The Hall–Kier alpha value is -2.91. The molecule has 3 aromatic rings. The number of hydrogen-bond acceptors (Lipinski definition) is 7. The van der Waals surface area contributed by atoms with Crippen LogP contribution in [0.1, 0.15) is 19.4 Å². The molecular formula is C28H39N3O5. The Morgan fingerprint density at radius 1 is 0.972 bits per heavy atom. The van der Waals surface area contributed by atoms with Gasteiger partial charge in [0.05, 0.1) is 32.0 Å². The second kappa shape index (κ2) is 14.0. The Bertz CT molecular complexity index is 1050. The monoisotopic (exact) mass is 497 g/mol. The summed E-state index contributed by atoms with van der Waals surface area (Å²) in [5, 5.41) is 15.5. The molecule has 36 heavy (non-hydrogen) atoms. The summed E-state index contributed by atoms with van der Waals surface area (Å²) < 4.78 is 24.7. The minimum atomic E-state index is -0.629. The summed E-state index contributed by atoms with van der Waals surface area (Å²) in [6.07, 6.45) is -0.629. The van der Waals surface area contributed by atoms with Gasteiger partial charge in [-0.1, -0.05) is 56.3 Å². The minimum Gasteiger partial charge on any atom is -0.493 e. The fourth-order valence-electron chi connectivity index (χ4n) is 3.93. The number of rotatable bonds is 15. The smallest absolute Gasteiger partial charge is 0.222 e. The average molecular weight is 498 g/mol. The van der Waals surface area contributed by atoms with Gasteiger partial charge in [-0.2, -0.15) is 5.10 Å². The largest absolute Gasteiger partial charge is 0.493 e. The van der Waals surface area contributed by atoms with E-state index in [1.807, 2.05) is 61.6 Å². The number of aromatic nitrogens is 2. The fraction of sp³-hybridized carbons (Fsp3) is 0.464. The summed E-state index contributed by atoms with van der Waals surface area (Å²) in [6, 6.07) is 17.6. The molecule has 1 aromatic heterocycles. The van der Waals surface area contributed by atoms with Crippen LogP contribution in [-0.4, -0.2) is 73.0 Å². The Kier molecular flexibility index (Phi) is 10.8. The molecule has 8 heteroatoms. The van der Waals surface area contributed by atoms with Gasteiger partial charge < -0.3 is 24.1 Å². The SMILES string of the molecule is COCCN(Cc1c(-c2ccccc2)nn(C)c1Oc1ccccc1OC)C[C@H](O)COCC(C)C. The quantitative estimate of drug-likeness (QED) is 0.334. The third-order valence-electron chi connectivity index (χ3n) is 5.63. The molecule has 1 atom stereocenters. The highest BCUT2D eigenvalue weighted by molar-refractivity contribution is 5.66. The lowest BCUT2D eigenvalue weighted by molar-refractivity contribution is 0.00329. The number of nitrogens with zero attached hydrogens (tertiary/aromatic N) is 3. The number of ether oxygens (including phenoxy) is 4. The van der Waals surface area contributed by atoms with Gasteiger partial charge >= 0.3 is 0 Å². The second-order valence-electron chi connectivity index (χ2n) is 9.19. The van der Waals surface area contributed by atoms with Gasteiger partial charge in [0.1, 0.15) is 5.69 Å². The van der Waals surface area contributed by atoms with Crippen molar-refractivity contribution in [3.63, 3.8) is 0 Å². The zero-order valence-corrected chi connectivity index (χ0v) is 22.0. The number of aliphatic hydroxyl groups is 1. The van der Waals surface area contributed by atoms with Crippen LogP contribution in [0.3, 0.4) is 0 Å². The second-order valence-corrected chi connectivity index (χ2v) is 9.19. The molecule has 0 spiro atoms. The summed E-state index contributed by atoms with van der Waals surface area (Å²) in [5.74, 6) is 2.28. The van der Waals surface area contributed by atoms with Crippen LogP contribution < -0.4 is 9.47 Å². The lowest BCUT2D eigenvalue weighted by Gasteiger charge is -2.25. The molecule has 0 aliphatic rings. The standard InChI is InChI=1S/C28H39N3O5/c1-21(2)19-35-20-23(32)17-31(15-16-33-4)18-24-27(22-11-7-6-8-12-22)29-30(3)28(24)36-26-14-10-9-13-25(26)34-5/h6-14,21,23,32H,15-20H2,1-5H3/t23-/m0/s1. The Balaban J connectivity index is 1.93. The van der Waals surface area contributed by atoms with E-state index in [2.05, 4.69) is 18.7 Å². The average Bonchev–Trinajstić information content (AvgIpc) is 3.17. The van der Waals surface area contributed by atoms with E-state index in [-0.39, 0.29) is 6.61 Å². The zero-order chi connectivity index (χ0) is 25.9. The van der Waals surface area contributed by atoms with Crippen molar-refractivity contribution in [3.8, 4) is 28.6 Å². The van der Waals surface area contributed by atoms with Crippen LogP contribution in [0.5, 0.6) is 17.4 Å². The summed E-state index contributed by atoms with van der Waals surface area (Å²) in [7, 11) is 5.17. The molecule has 8 nitrogen and oxygen atoms in total. The molecular weight excluding hydrogens is 458 g/mol. The highest BCUT2D eigenvalue weighted by Gasteiger charge is 2.24. The lowest BCUT2D eigenvalue weighted by atomic mass is 10.1. The Morgan fingerprint density at radius 2 is 1.67 bits per heavy atom. The zero-order valence-electron chi connectivity index (χ0n) is 22.0. The first-order chi connectivity index (χ1) is 17.4. The predicted molar refractivity (Wildman–Crippen MR) is 141 cm³/mol. The molecule has 3 rings (SSSR count). The van der Waals surface area contributed by atoms with Crippen LogP contribution in [0.15, 0.2) is 54.6 Å². The van der Waals surface area contributed by atoms with E-state index in [0.29, 0.717) is 56.1 Å².